The molecule has 1 fully saturated rings. The van der Waals surface area contributed by atoms with Crippen LogP contribution in [0.3, 0.4) is 0 Å². The van der Waals surface area contributed by atoms with Crippen LogP contribution >= 0.6 is 0 Å². The van der Waals surface area contributed by atoms with Crippen LogP contribution in [0, 0.1) is 10.3 Å². The highest BCUT2D eigenvalue weighted by Gasteiger charge is 2.40. The Kier molecular flexibility index (Phi) is 5.13. The second kappa shape index (κ2) is 7.31. The molecule has 132 valence electrons. The van der Waals surface area contributed by atoms with Crippen molar-refractivity contribution in [3.63, 3.8) is 0 Å². The van der Waals surface area contributed by atoms with E-state index < -0.39 is 11.4 Å². The van der Waals surface area contributed by atoms with Gasteiger partial charge in [0.2, 0.25) is 0 Å². The molecule has 0 radical (unpaired) electrons. The van der Waals surface area contributed by atoms with E-state index in [-0.39, 0.29) is 0 Å². The summed E-state index contributed by atoms with van der Waals surface area (Å²) in [6.45, 7) is 4.51. The maximum absolute atomic E-state index is 11.7. The van der Waals surface area contributed by atoms with Crippen molar-refractivity contribution in [3.05, 3.63) is 46.9 Å². The Balaban J connectivity index is 1.68. The van der Waals surface area contributed by atoms with Gasteiger partial charge in [-0.25, -0.2) is 0 Å². The number of rotatable bonds is 6. The van der Waals surface area contributed by atoms with E-state index in [0.717, 1.165) is 56.1 Å². The fourth-order valence-corrected chi connectivity index (χ4v) is 3.88. The Morgan fingerprint density at radius 1 is 1.16 bits per heavy atom. The largest absolute Gasteiger partial charge is 0.481 e. The smallest absolute Gasteiger partial charge is 0.309 e. The molecule has 1 aliphatic rings. The first-order valence-corrected chi connectivity index (χ1v) is 8.88. The standard InChI is InChI=1S/C20H24N2O3/c1-2-7-20(19(23)24)8-10-22(11-9-20)14-15-3-4-17-13-18(21-25)6-5-16(17)12-15/h3-6,12-13H,2,7-11,14H2,1H3,(H,23,24). The molecule has 3 rings (SSSR count). The van der Waals surface area contributed by atoms with Crippen LogP contribution < -0.4 is 0 Å². The van der Waals surface area contributed by atoms with Gasteiger partial charge in [0.05, 0.1) is 5.41 Å². The van der Waals surface area contributed by atoms with Crippen molar-refractivity contribution in [3.8, 4) is 0 Å². The van der Waals surface area contributed by atoms with E-state index >= 15 is 0 Å². The summed E-state index contributed by atoms with van der Waals surface area (Å²) in [5, 5.41) is 14.7. The number of nitrogens with zero attached hydrogens (tertiary/aromatic N) is 2. The van der Waals surface area contributed by atoms with Gasteiger partial charge in [0, 0.05) is 6.54 Å². The average molecular weight is 340 g/mol. The number of piperidine rings is 1. The molecule has 1 N–H and O–H groups in total. The molecule has 5 nitrogen and oxygen atoms in total. The monoisotopic (exact) mass is 340 g/mol. The first-order valence-electron chi connectivity index (χ1n) is 8.88. The van der Waals surface area contributed by atoms with Gasteiger partial charge in [-0.2, -0.15) is 0 Å². The van der Waals surface area contributed by atoms with Crippen molar-refractivity contribution in [2.45, 2.75) is 39.2 Å². The van der Waals surface area contributed by atoms with E-state index in [0.29, 0.717) is 5.69 Å². The molecule has 0 aromatic heterocycles. The number of nitroso groups, excluding NO2 is 1. The van der Waals surface area contributed by atoms with Gasteiger partial charge < -0.3 is 5.11 Å². The van der Waals surface area contributed by atoms with Crippen LogP contribution in [-0.4, -0.2) is 29.1 Å². The highest BCUT2D eigenvalue weighted by molar-refractivity contribution is 5.85. The van der Waals surface area contributed by atoms with E-state index in [4.69, 9.17) is 0 Å². The van der Waals surface area contributed by atoms with Crippen LogP contribution in [0.15, 0.2) is 41.6 Å². The zero-order valence-corrected chi connectivity index (χ0v) is 14.6. The Morgan fingerprint density at radius 2 is 1.84 bits per heavy atom. The molecule has 0 spiro atoms. The molecule has 0 unspecified atom stereocenters. The van der Waals surface area contributed by atoms with Crippen molar-refractivity contribution in [2.24, 2.45) is 10.6 Å². The summed E-state index contributed by atoms with van der Waals surface area (Å²) >= 11 is 0. The number of hydrogen-bond donors (Lipinski definition) is 1. The minimum atomic E-state index is -0.640. The van der Waals surface area contributed by atoms with Crippen LogP contribution in [0.1, 0.15) is 38.2 Å². The van der Waals surface area contributed by atoms with E-state index in [9.17, 15) is 14.8 Å². The molecule has 2 aromatic rings. The Morgan fingerprint density at radius 3 is 2.48 bits per heavy atom. The van der Waals surface area contributed by atoms with Crippen LogP contribution in [-0.2, 0) is 11.3 Å². The summed E-state index contributed by atoms with van der Waals surface area (Å²) in [7, 11) is 0. The minimum Gasteiger partial charge on any atom is -0.481 e. The van der Waals surface area contributed by atoms with Crippen molar-refractivity contribution in [2.75, 3.05) is 13.1 Å². The van der Waals surface area contributed by atoms with Gasteiger partial charge in [-0.05, 0) is 72.1 Å². The number of carboxylic acid groups (broad SMARTS) is 1. The third-order valence-electron chi connectivity index (χ3n) is 5.40. The highest BCUT2D eigenvalue weighted by atomic mass is 16.4. The summed E-state index contributed by atoms with van der Waals surface area (Å²) < 4.78 is 0. The number of benzene rings is 2. The molecular formula is C20H24N2O3. The molecule has 0 amide bonds. The van der Waals surface area contributed by atoms with Crippen LogP contribution in [0.25, 0.3) is 10.8 Å². The van der Waals surface area contributed by atoms with E-state index in [1.54, 1.807) is 12.1 Å². The van der Waals surface area contributed by atoms with Gasteiger partial charge in [0.25, 0.3) is 0 Å². The molecule has 25 heavy (non-hydrogen) atoms. The topological polar surface area (TPSA) is 70.0 Å². The Bertz CT molecular complexity index is 780. The Labute approximate surface area is 147 Å². The number of carbonyl (C=O) groups is 1. The van der Waals surface area contributed by atoms with Crippen molar-refractivity contribution in [1.29, 1.82) is 0 Å². The van der Waals surface area contributed by atoms with E-state index in [2.05, 4.69) is 29.1 Å². The zero-order chi connectivity index (χ0) is 17.9. The highest BCUT2D eigenvalue weighted by Crippen LogP contribution is 2.37. The molecule has 0 bridgehead atoms. The SMILES string of the molecule is CCCC1(C(=O)O)CCN(Cc2ccc3cc(N=O)ccc3c2)CC1. The number of aliphatic carboxylic acids is 1. The molecule has 0 atom stereocenters. The third kappa shape index (κ3) is 3.71. The molecule has 0 aliphatic carbocycles. The zero-order valence-electron chi connectivity index (χ0n) is 14.6. The molecule has 5 heteroatoms. The number of hydrogen-bond acceptors (Lipinski definition) is 4. The minimum absolute atomic E-state index is 0.442. The quantitative estimate of drug-likeness (QED) is 0.774. The first kappa shape index (κ1) is 17.5. The molecular weight excluding hydrogens is 316 g/mol. The van der Waals surface area contributed by atoms with E-state index in [1.807, 2.05) is 12.1 Å². The lowest BCUT2D eigenvalue weighted by Gasteiger charge is -2.38. The van der Waals surface area contributed by atoms with Gasteiger partial charge in [-0.3, -0.25) is 9.69 Å². The summed E-state index contributed by atoms with van der Waals surface area (Å²) in [6, 6.07) is 11.7. The number of carboxylic acids is 1. The molecule has 0 saturated carbocycles. The summed E-state index contributed by atoms with van der Waals surface area (Å²) in [4.78, 5) is 24.6. The predicted octanol–water partition coefficient (Wildman–Crippen LogP) is 4.70. The van der Waals surface area contributed by atoms with Crippen LogP contribution in [0.2, 0.25) is 0 Å². The van der Waals surface area contributed by atoms with Crippen molar-refractivity contribution < 1.29 is 9.90 Å². The normalized spacial score (nSPS) is 17.5. The average Bonchev–Trinajstić information content (AvgIpc) is 2.63. The number of fused-ring (bicyclic) bond motifs is 1. The van der Waals surface area contributed by atoms with Crippen molar-refractivity contribution in [1.82, 2.24) is 4.90 Å². The molecule has 1 saturated heterocycles. The van der Waals surface area contributed by atoms with Crippen molar-refractivity contribution >= 4 is 22.4 Å². The Hall–Kier alpha value is -2.27. The van der Waals surface area contributed by atoms with Gasteiger partial charge in [0.15, 0.2) is 0 Å². The summed E-state index contributed by atoms with van der Waals surface area (Å²) in [6.07, 6.45) is 3.12. The first-order chi connectivity index (χ1) is 12.1. The van der Waals surface area contributed by atoms with Gasteiger partial charge in [-0.1, -0.05) is 31.5 Å². The maximum Gasteiger partial charge on any atom is 0.309 e. The molecule has 1 heterocycles. The second-order valence-electron chi connectivity index (χ2n) is 7.07. The van der Waals surface area contributed by atoms with Crippen LogP contribution in [0.4, 0.5) is 5.69 Å². The van der Waals surface area contributed by atoms with Gasteiger partial charge >= 0.3 is 5.97 Å². The fraction of sp³-hybridized carbons (Fsp3) is 0.450. The lowest BCUT2D eigenvalue weighted by Crippen LogP contribution is -2.44. The lowest BCUT2D eigenvalue weighted by molar-refractivity contribution is -0.152. The molecule has 2 aromatic carbocycles. The third-order valence-corrected chi connectivity index (χ3v) is 5.40. The fourth-order valence-electron chi connectivity index (χ4n) is 3.88. The van der Waals surface area contributed by atoms with Gasteiger partial charge in [-0.15, -0.1) is 4.91 Å². The van der Waals surface area contributed by atoms with E-state index in [1.165, 1.54) is 5.56 Å². The van der Waals surface area contributed by atoms with Crippen LogP contribution in [0.5, 0.6) is 0 Å². The molecule has 1 aliphatic heterocycles. The maximum atomic E-state index is 11.7. The van der Waals surface area contributed by atoms with Gasteiger partial charge in [0.1, 0.15) is 5.69 Å². The lowest BCUT2D eigenvalue weighted by atomic mass is 9.75. The summed E-state index contributed by atoms with van der Waals surface area (Å²) in [5.74, 6) is -0.640. The summed E-state index contributed by atoms with van der Waals surface area (Å²) in [5.41, 5.74) is 1.11. The number of likely N-dealkylation sites (tertiary alicyclic amines) is 1. The second-order valence-corrected chi connectivity index (χ2v) is 7.07. The predicted molar refractivity (Wildman–Crippen MR) is 98.9 cm³/mol.